The summed E-state index contributed by atoms with van der Waals surface area (Å²) in [6.07, 6.45) is -3.31. The number of hydrogen-bond donors (Lipinski definition) is 2. The van der Waals surface area contributed by atoms with E-state index in [1.807, 2.05) is 5.10 Å². The second kappa shape index (κ2) is 9.22. The number of rotatable bonds is 7. The van der Waals surface area contributed by atoms with Crippen LogP contribution in [0.3, 0.4) is 0 Å². The van der Waals surface area contributed by atoms with Crippen LogP contribution in [0.2, 0.25) is 0 Å². The van der Waals surface area contributed by atoms with E-state index in [0.29, 0.717) is 29.8 Å². The molecular weight excluding hydrogens is 489 g/mol. The molecule has 8 nitrogen and oxygen atoms in total. The summed E-state index contributed by atoms with van der Waals surface area (Å²) < 4.78 is 51.5. The van der Waals surface area contributed by atoms with E-state index in [2.05, 4.69) is 10.4 Å². The van der Waals surface area contributed by atoms with E-state index in [4.69, 9.17) is 9.47 Å². The molecule has 0 spiro atoms. The predicted molar refractivity (Wildman–Crippen MR) is 127 cm³/mol. The van der Waals surface area contributed by atoms with Crippen molar-refractivity contribution in [2.75, 3.05) is 32.4 Å². The van der Waals surface area contributed by atoms with Crippen LogP contribution in [-0.2, 0) is 21.1 Å². The van der Waals surface area contributed by atoms with E-state index >= 15 is 0 Å². The highest BCUT2D eigenvalue weighted by Gasteiger charge is 2.51. The van der Waals surface area contributed by atoms with Crippen molar-refractivity contribution in [3.63, 3.8) is 0 Å². The monoisotopic (exact) mass is 514 g/mol. The van der Waals surface area contributed by atoms with Gasteiger partial charge >= 0.3 is 6.18 Å². The van der Waals surface area contributed by atoms with Crippen molar-refractivity contribution in [3.05, 3.63) is 76.6 Å². The van der Waals surface area contributed by atoms with E-state index in [0.717, 1.165) is 5.56 Å². The Hall–Kier alpha value is -3.86. The number of nitrogens with one attached hydrogen (secondary N) is 2. The van der Waals surface area contributed by atoms with Crippen LogP contribution in [0.25, 0.3) is 0 Å². The molecular formula is C26H25F3N4O4. The van der Waals surface area contributed by atoms with E-state index in [1.54, 1.807) is 48.5 Å². The molecule has 1 aliphatic heterocycles. The Morgan fingerprint density at radius 3 is 2.38 bits per heavy atom. The normalized spacial score (nSPS) is 18.4. The second-order valence-corrected chi connectivity index (χ2v) is 9.17. The number of carbonyl (C=O) groups is 2. The Kier molecular flexibility index (Phi) is 6.18. The number of carbonyl (C=O) groups excluding carboxylic acids is 2. The smallest absolute Gasteiger partial charge is 0.433 e. The van der Waals surface area contributed by atoms with E-state index in [-0.39, 0.29) is 30.4 Å². The van der Waals surface area contributed by atoms with E-state index < -0.39 is 29.1 Å². The van der Waals surface area contributed by atoms with Crippen molar-refractivity contribution < 1.29 is 32.2 Å². The number of benzene rings is 2. The summed E-state index contributed by atoms with van der Waals surface area (Å²) in [4.78, 5) is 27.4. The summed E-state index contributed by atoms with van der Waals surface area (Å²) in [5, 5.41) is 8.57. The lowest BCUT2D eigenvalue weighted by molar-refractivity contribution is -0.141. The number of hydrogen-bond acceptors (Lipinski definition) is 5. The molecule has 2 aliphatic rings. The van der Waals surface area contributed by atoms with Gasteiger partial charge in [0.15, 0.2) is 5.69 Å². The Morgan fingerprint density at radius 2 is 1.81 bits per heavy atom. The number of H-pyrrole nitrogens is 1. The van der Waals surface area contributed by atoms with Crippen molar-refractivity contribution in [1.82, 2.24) is 15.5 Å². The minimum absolute atomic E-state index is 0.0143. The summed E-state index contributed by atoms with van der Waals surface area (Å²) in [6, 6.07) is 13.7. The topological polar surface area (TPSA) is 96.5 Å². The number of ether oxygens (including phenoxy) is 2. The molecule has 37 heavy (non-hydrogen) atoms. The Bertz CT molecular complexity index is 1320. The lowest BCUT2D eigenvalue weighted by atomic mass is 9.85. The number of methoxy groups -OCH3 is 2. The molecule has 5 rings (SSSR count). The maximum absolute atomic E-state index is 13.8. The van der Waals surface area contributed by atoms with E-state index in [1.165, 1.54) is 19.1 Å². The van der Waals surface area contributed by atoms with Crippen LogP contribution in [0, 0.1) is 0 Å². The van der Waals surface area contributed by atoms with Crippen molar-refractivity contribution in [2.24, 2.45) is 0 Å². The average Bonchev–Trinajstić information content (AvgIpc) is 3.58. The molecule has 0 radical (unpaired) electrons. The van der Waals surface area contributed by atoms with Crippen LogP contribution in [0.5, 0.6) is 5.75 Å². The number of alkyl halides is 3. The van der Waals surface area contributed by atoms with Gasteiger partial charge in [-0.2, -0.15) is 18.3 Å². The molecule has 1 unspecified atom stereocenters. The minimum atomic E-state index is -4.70. The van der Waals surface area contributed by atoms with Crippen LogP contribution >= 0.6 is 0 Å². The quantitative estimate of drug-likeness (QED) is 0.465. The summed E-state index contributed by atoms with van der Waals surface area (Å²) in [5.74, 6) is -0.965. The molecule has 1 aromatic heterocycles. The maximum Gasteiger partial charge on any atom is 0.433 e. The zero-order chi connectivity index (χ0) is 26.4. The van der Waals surface area contributed by atoms with Gasteiger partial charge in [0, 0.05) is 30.8 Å². The number of fused-ring (bicyclic) bond motifs is 1. The van der Waals surface area contributed by atoms with Gasteiger partial charge in [-0.05, 0) is 48.2 Å². The number of nitrogens with zero attached hydrogens (tertiary/aromatic N) is 2. The van der Waals surface area contributed by atoms with Crippen molar-refractivity contribution in [3.8, 4) is 5.75 Å². The molecule has 2 amide bonds. The molecule has 2 heterocycles. The highest BCUT2D eigenvalue weighted by atomic mass is 19.4. The first kappa shape index (κ1) is 24.8. The first-order valence-corrected chi connectivity index (χ1v) is 11.7. The molecule has 1 saturated carbocycles. The molecule has 3 aromatic rings. The van der Waals surface area contributed by atoms with E-state index in [9.17, 15) is 22.8 Å². The van der Waals surface area contributed by atoms with Gasteiger partial charge in [-0.1, -0.05) is 24.3 Å². The van der Waals surface area contributed by atoms with Crippen LogP contribution < -0.4 is 15.0 Å². The molecule has 1 atom stereocenters. The van der Waals surface area contributed by atoms with Crippen LogP contribution in [0.1, 0.15) is 51.6 Å². The van der Waals surface area contributed by atoms with Gasteiger partial charge in [-0.3, -0.25) is 14.7 Å². The summed E-state index contributed by atoms with van der Waals surface area (Å²) in [5.41, 5.74) is -0.183. The molecule has 0 saturated heterocycles. The van der Waals surface area contributed by atoms with Gasteiger partial charge < -0.3 is 19.7 Å². The highest BCUT2D eigenvalue weighted by Crippen LogP contribution is 2.49. The summed E-state index contributed by atoms with van der Waals surface area (Å²) in [6.45, 7) is 0.0964. The third-order valence-corrected chi connectivity index (χ3v) is 7.06. The van der Waals surface area contributed by atoms with Crippen LogP contribution in [-0.4, -0.2) is 49.5 Å². The SMILES string of the molecule is COCNC(=O)C1(c2ccc(N3CC(c4ccc(OC)cc4)c4c(n[nH]c4C(F)(F)F)C3=O)cc2)CC1. The molecule has 1 aliphatic carbocycles. The third kappa shape index (κ3) is 4.33. The lowest BCUT2D eigenvalue weighted by Gasteiger charge is -2.33. The maximum atomic E-state index is 13.8. The van der Waals surface area contributed by atoms with Crippen molar-refractivity contribution in [1.29, 1.82) is 0 Å². The first-order chi connectivity index (χ1) is 17.7. The minimum Gasteiger partial charge on any atom is -0.497 e. The molecule has 11 heteroatoms. The molecule has 2 N–H and O–H groups in total. The summed E-state index contributed by atoms with van der Waals surface area (Å²) >= 11 is 0. The average molecular weight is 515 g/mol. The second-order valence-electron chi connectivity index (χ2n) is 9.17. The van der Waals surface area contributed by atoms with Gasteiger partial charge in [-0.15, -0.1) is 0 Å². The van der Waals surface area contributed by atoms with Gasteiger partial charge in [0.2, 0.25) is 5.91 Å². The van der Waals surface area contributed by atoms with Crippen LogP contribution in [0.15, 0.2) is 48.5 Å². The van der Waals surface area contributed by atoms with Crippen molar-refractivity contribution >= 4 is 17.5 Å². The zero-order valence-corrected chi connectivity index (χ0v) is 20.2. The molecule has 2 aromatic carbocycles. The number of aromatic nitrogens is 2. The number of anilines is 1. The predicted octanol–water partition coefficient (Wildman–Crippen LogP) is 3.98. The standard InChI is InChI=1S/C26H25F3N4O4/c1-36-14-30-24(35)25(11-12-25)16-5-7-17(8-6-16)33-13-19(15-3-9-18(37-2)10-4-15)20-21(23(33)34)31-32-22(20)26(27,28)29/h3-10,19H,11-14H2,1-2H3,(H,30,35)(H,31,32). The van der Waals surface area contributed by atoms with Gasteiger partial charge in [0.25, 0.3) is 5.91 Å². The largest absolute Gasteiger partial charge is 0.497 e. The van der Waals surface area contributed by atoms with Gasteiger partial charge in [0.05, 0.1) is 12.5 Å². The lowest BCUT2D eigenvalue weighted by Crippen LogP contribution is -2.41. The molecule has 1 fully saturated rings. The molecule has 194 valence electrons. The summed E-state index contributed by atoms with van der Waals surface area (Å²) in [7, 11) is 2.99. The van der Waals surface area contributed by atoms with Gasteiger partial charge in [-0.25, -0.2) is 0 Å². The van der Waals surface area contributed by atoms with Crippen molar-refractivity contribution in [2.45, 2.75) is 30.4 Å². The Balaban J connectivity index is 1.50. The zero-order valence-electron chi connectivity index (χ0n) is 20.2. The van der Waals surface area contributed by atoms with Gasteiger partial charge in [0.1, 0.15) is 18.2 Å². The first-order valence-electron chi connectivity index (χ1n) is 11.7. The fourth-order valence-electron chi connectivity index (χ4n) is 4.92. The number of halogens is 3. The number of amides is 2. The Morgan fingerprint density at radius 1 is 1.14 bits per heavy atom. The Labute approximate surface area is 210 Å². The highest BCUT2D eigenvalue weighted by molar-refractivity contribution is 6.07. The third-order valence-electron chi connectivity index (χ3n) is 7.06. The fraction of sp³-hybridized carbons (Fsp3) is 0.346. The number of aromatic amines is 1. The van der Waals surface area contributed by atoms with Crippen LogP contribution in [0.4, 0.5) is 18.9 Å². The molecule has 0 bridgehead atoms. The fourth-order valence-corrected chi connectivity index (χ4v) is 4.92.